The van der Waals surface area contributed by atoms with Gasteiger partial charge in [0.15, 0.2) is 5.82 Å². The van der Waals surface area contributed by atoms with E-state index in [1.54, 1.807) is 17.4 Å². The van der Waals surface area contributed by atoms with Crippen LogP contribution in [0.2, 0.25) is 0 Å². The van der Waals surface area contributed by atoms with Crippen LogP contribution in [0.15, 0.2) is 35.7 Å². The first-order chi connectivity index (χ1) is 10.0. The molecule has 0 unspecified atom stereocenters. The van der Waals surface area contributed by atoms with Crippen LogP contribution in [0, 0.1) is 5.82 Å². The molecule has 0 radical (unpaired) electrons. The van der Waals surface area contributed by atoms with Gasteiger partial charge in [0, 0.05) is 16.8 Å². The average Bonchev–Trinajstić information content (AvgIpc) is 3.08. The van der Waals surface area contributed by atoms with Crippen molar-refractivity contribution in [3.63, 3.8) is 0 Å². The second kappa shape index (κ2) is 5.43. The maximum absolute atomic E-state index is 13.9. The zero-order chi connectivity index (χ0) is 15.0. The molecule has 3 aromatic rings. The first kappa shape index (κ1) is 14.5. The van der Waals surface area contributed by atoms with E-state index in [0.717, 1.165) is 12.1 Å². The highest BCUT2D eigenvalue weighted by atomic mass is 35.5. The van der Waals surface area contributed by atoms with Gasteiger partial charge in [0.2, 0.25) is 0 Å². The summed E-state index contributed by atoms with van der Waals surface area (Å²) in [4.78, 5) is 5.65. The van der Waals surface area contributed by atoms with Crippen molar-refractivity contribution in [2.75, 3.05) is 0 Å². The van der Waals surface area contributed by atoms with Gasteiger partial charge in [-0.05, 0) is 23.6 Å². The molecule has 0 bridgehead atoms. The molecule has 5 heteroatoms. The smallest absolute Gasteiger partial charge is 0.151 e. The lowest BCUT2D eigenvalue weighted by atomic mass is 9.91. The van der Waals surface area contributed by atoms with Gasteiger partial charge in [-0.15, -0.1) is 22.9 Å². The van der Waals surface area contributed by atoms with Crippen LogP contribution < -0.4 is 0 Å². The van der Waals surface area contributed by atoms with Gasteiger partial charge in [0.25, 0.3) is 0 Å². The summed E-state index contributed by atoms with van der Waals surface area (Å²) in [6, 6.07) is 9.22. The van der Waals surface area contributed by atoms with Crippen LogP contribution in [-0.4, -0.2) is 9.55 Å². The third-order valence-corrected chi connectivity index (χ3v) is 5.14. The minimum Gasteiger partial charge on any atom is -0.326 e. The summed E-state index contributed by atoms with van der Waals surface area (Å²) in [5.41, 5.74) is 1.14. The molecule has 21 heavy (non-hydrogen) atoms. The lowest BCUT2D eigenvalue weighted by Crippen LogP contribution is -2.24. The Morgan fingerprint density at radius 2 is 2.10 bits per heavy atom. The predicted molar refractivity (Wildman–Crippen MR) is 86.6 cm³/mol. The van der Waals surface area contributed by atoms with Gasteiger partial charge in [-0.25, -0.2) is 9.37 Å². The normalized spacial score (nSPS) is 12.2. The first-order valence-corrected chi connectivity index (χ1v) is 8.18. The number of benzene rings is 1. The number of halogens is 2. The highest BCUT2D eigenvalue weighted by Crippen LogP contribution is 2.31. The molecule has 3 rings (SSSR count). The Hall–Kier alpha value is -1.39. The molecule has 0 aliphatic heterocycles. The molecule has 0 fully saturated rings. The largest absolute Gasteiger partial charge is 0.326 e. The Bertz CT molecular complexity index is 762. The summed E-state index contributed by atoms with van der Waals surface area (Å²) in [6.45, 7) is 5.08. The van der Waals surface area contributed by atoms with Gasteiger partial charge in [0.1, 0.15) is 11.3 Å². The molecule has 0 atom stereocenters. The van der Waals surface area contributed by atoms with Crippen LogP contribution in [0.5, 0.6) is 0 Å². The number of alkyl halides is 1. The summed E-state index contributed by atoms with van der Waals surface area (Å²) >= 11 is 7.74. The van der Waals surface area contributed by atoms with Gasteiger partial charge < -0.3 is 4.57 Å². The van der Waals surface area contributed by atoms with E-state index >= 15 is 0 Å². The molecule has 0 saturated heterocycles. The second-order valence-electron chi connectivity index (χ2n) is 5.72. The molecule has 0 amide bonds. The zero-order valence-corrected chi connectivity index (χ0v) is 13.5. The van der Waals surface area contributed by atoms with Crippen LogP contribution in [0.25, 0.3) is 11.0 Å². The quantitative estimate of drug-likeness (QED) is 0.621. The SMILES string of the molecule is CC(C)(Cn1c(CCl)nc2c(F)cccc21)c1cccs1. The molecule has 2 heterocycles. The van der Waals surface area contributed by atoms with E-state index in [0.29, 0.717) is 11.3 Å². The summed E-state index contributed by atoms with van der Waals surface area (Å²) in [6.07, 6.45) is 0. The lowest BCUT2D eigenvalue weighted by Gasteiger charge is -2.25. The fraction of sp³-hybridized carbons (Fsp3) is 0.312. The van der Waals surface area contributed by atoms with E-state index in [1.807, 2.05) is 10.6 Å². The van der Waals surface area contributed by atoms with E-state index < -0.39 is 0 Å². The van der Waals surface area contributed by atoms with Crippen LogP contribution >= 0.6 is 22.9 Å². The molecular weight excluding hydrogens is 307 g/mol. The average molecular weight is 323 g/mol. The number of fused-ring (bicyclic) bond motifs is 1. The van der Waals surface area contributed by atoms with E-state index in [9.17, 15) is 4.39 Å². The number of imidazole rings is 1. The van der Waals surface area contributed by atoms with E-state index in [1.165, 1.54) is 10.9 Å². The van der Waals surface area contributed by atoms with Gasteiger partial charge in [-0.2, -0.15) is 0 Å². The lowest BCUT2D eigenvalue weighted by molar-refractivity contribution is 0.443. The van der Waals surface area contributed by atoms with Crippen molar-refractivity contribution >= 4 is 34.0 Å². The molecule has 2 aromatic heterocycles. The van der Waals surface area contributed by atoms with E-state index in [4.69, 9.17) is 11.6 Å². The fourth-order valence-electron chi connectivity index (χ4n) is 2.58. The topological polar surface area (TPSA) is 17.8 Å². The molecular formula is C16H16ClFN2S. The number of rotatable bonds is 4. The highest BCUT2D eigenvalue weighted by molar-refractivity contribution is 7.10. The third-order valence-electron chi connectivity index (χ3n) is 3.67. The molecule has 0 saturated carbocycles. The molecule has 0 N–H and O–H groups in total. The third kappa shape index (κ3) is 2.58. The molecule has 0 spiro atoms. The van der Waals surface area contributed by atoms with Crippen molar-refractivity contribution in [2.45, 2.75) is 31.7 Å². The zero-order valence-electron chi connectivity index (χ0n) is 11.9. The standard InChI is InChI=1S/C16H16ClFN2S/c1-16(2,13-7-4-8-21-13)10-20-12-6-3-5-11(18)15(12)19-14(20)9-17/h3-8H,9-10H2,1-2H3. The van der Waals surface area contributed by atoms with Crippen LogP contribution in [0.1, 0.15) is 24.5 Å². The highest BCUT2D eigenvalue weighted by Gasteiger charge is 2.25. The number of thiophene rings is 1. The Balaban J connectivity index is 2.10. The summed E-state index contributed by atoms with van der Waals surface area (Å²) in [5.74, 6) is 0.683. The van der Waals surface area contributed by atoms with Gasteiger partial charge >= 0.3 is 0 Å². The Labute approximate surface area is 132 Å². The van der Waals surface area contributed by atoms with Crippen molar-refractivity contribution in [3.05, 3.63) is 52.2 Å². The van der Waals surface area contributed by atoms with Crippen molar-refractivity contribution in [1.29, 1.82) is 0 Å². The molecule has 0 aliphatic rings. The van der Waals surface area contributed by atoms with Crippen molar-refractivity contribution < 1.29 is 4.39 Å². The van der Waals surface area contributed by atoms with Gasteiger partial charge in [0.05, 0.1) is 11.4 Å². The minimum absolute atomic E-state index is 0.0606. The van der Waals surface area contributed by atoms with Gasteiger partial charge in [-0.1, -0.05) is 26.0 Å². The van der Waals surface area contributed by atoms with Gasteiger partial charge in [-0.3, -0.25) is 0 Å². The maximum Gasteiger partial charge on any atom is 0.151 e. The fourth-order valence-corrected chi connectivity index (χ4v) is 3.62. The van der Waals surface area contributed by atoms with Crippen LogP contribution in [0.4, 0.5) is 4.39 Å². The van der Waals surface area contributed by atoms with E-state index in [-0.39, 0.29) is 17.1 Å². The maximum atomic E-state index is 13.9. The second-order valence-corrected chi connectivity index (χ2v) is 6.93. The Morgan fingerprint density at radius 3 is 2.76 bits per heavy atom. The van der Waals surface area contributed by atoms with Crippen LogP contribution in [-0.2, 0) is 17.8 Å². The van der Waals surface area contributed by atoms with Crippen molar-refractivity contribution in [2.24, 2.45) is 0 Å². The minimum atomic E-state index is -0.299. The summed E-state index contributed by atoms with van der Waals surface area (Å²) in [7, 11) is 0. The number of aromatic nitrogens is 2. The van der Waals surface area contributed by atoms with E-state index in [2.05, 4.69) is 36.3 Å². The number of para-hydroxylation sites is 1. The number of hydrogen-bond acceptors (Lipinski definition) is 2. The monoisotopic (exact) mass is 322 g/mol. The molecule has 0 aliphatic carbocycles. The number of hydrogen-bond donors (Lipinski definition) is 0. The Kier molecular flexibility index (Phi) is 3.76. The number of nitrogens with zero attached hydrogens (tertiary/aromatic N) is 2. The molecule has 110 valence electrons. The summed E-state index contributed by atoms with van der Waals surface area (Å²) < 4.78 is 15.9. The van der Waals surface area contributed by atoms with Crippen LogP contribution in [0.3, 0.4) is 0 Å². The predicted octanol–water partition coefficient (Wildman–Crippen LogP) is 4.95. The van der Waals surface area contributed by atoms with Crippen molar-refractivity contribution in [1.82, 2.24) is 9.55 Å². The molecule has 1 aromatic carbocycles. The first-order valence-electron chi connectivity index (χ1n) is 6.76. The van der Waals surface area contributed by atoms with Crippen molar-refractivity contribution in [3.8, 4) is 0 Å². The summed E-state index contributed by atoms with van der Waals surface area (Å²) in [5, 5.41) is 2.07. The molecule has 2 nitrogen and oxygen atoms in total. The Morgan fingerprint density at radius 1 is 1.29 bits per heavy atom.